The molecule has 0 saturated heterocycles. The van der Waals surface area contributed by atoms with Gasteiger partial charge in [0.15, 0.2) is 0 Å². The Morgan fingerprint density at radius 2 is 0.613 bits per heavy atom. The van der Waals surface area contributed by atoms with Gasteiger partial charge in [-0.15, -0.1) is 0 Å². The maximum absolute atomic E-state index is 10.0. The maximum Gasteiger partial charge on any atom is 3.00 e. The van der Waals surface area contributed by atoms with E-state index in [4.69, 9.17) is 0 Å². The van der Waals surface area contributed by atoms with Crippen LogP contribution >= 0.6 is 0 Å². The number of hydrogen-bond acceptors (Lipinski definition) is 9. The van der Waals surface area contributed by atoms with Crippen LogP contribution in [0.4, 0.5) is 0 Å². The zero-order chi connectivity index (χ0) is 24.1. The van der Waals surface area contributed by atoms with Crippen molar-refractivity contribution >= 4 is 56.2 Å². The van der Waals surface area contributed by atoms with Crippen LogP contribution in [-0.4, -0.2) is 82.0 Å². The molecule has 0 spiro atoms. The minimum Gasteiger partial charge on any atom is -0.748 e. The molecule has 186 valence electrons. The van der Waals surface area contributed by atoms with Crippen molar-refractivity contribution in [3.8, 4) is 0 Å². The summed E-state index contributed by atoms with van der Waals surface area (Å²) in [5.74, 6) is -0.604. The molecule has 0 unspecified atom stereocenters. The Morgan fingerprint density at radius 1 is 0.419 bits per heavy atom. The van der Waals surface area contributed by atoms with Crippen LogP contribution < -0.4 is 0 Å². The Morgan fingerprint density at radius 3 is 0.742 bits per heavy atom. The summed E-state index contributed by atoms with van der Waals surface area (Å²) in [6, 6.07) is 0. The Bertz CT molecular complexity index is 581. The van der Waals surface area contributed by atoms with Crippen LogP contribution in [0.15, 0.2) is 0 Å². The molecule has 0 aliphatic heterocycles. The predicted octanol–water partition coefficient (Wildman–Crippen LogP) is 2.95. The average Bonchev–Trinajstić information content (AvgIpc) is 2.58. The van der Waals surface area contributed by atoms with E-state index in [1.807, 2.05) is 20.8 Å². The Hall–Kier alpha value is 0.600. The first-order valence-electron chi connectivity index (χ1n) is 10.5. The second-order valence-corrected chi connectivity index (χ2v) is 11.5. The van der Waals surface area contributed by atoms with E-state index in [1.165, 1.54) is 0 Å². The molecule has 0 rings (SSSR count). The summed E-state index contributed by atoms with van der Waals surface area (Å²) in [5.41, 5.74) is 0. The molecular formula is C18H39InO9S3. The van der Waals surface area contributed by atoms with E-state index in [1.54, 1.807) is 0 Å². The van der Waals surface area contributed by atoms with Crippen LogP contribution in [0.1, 0.15) is 97.8 Å². The van der Waals surface area contributed by atoms with Crippen molar-refractivity contribution in [2.75, 3.05) is 17.3 Å². The minimum atomic E-state index is -3.95. The first-order chi connectivity index (χ1) is 13.7. The van der Waals surface area contributed by atoms with Gasteiger partial charge in [0.05, 0.1) is 30.4 Å². The van der Waals surface area contributed by atoms with Gasteiger partial charge in [-0.1, -0.05) is 78.6 Å². The quantitative estimate of drug-likeness (QED) is 0.200. The van der Waals surface area contributed by atoms with Gasteiger partial charge in [0.25, 0.3) is 0 Å². The van der Waals surface area contributed by atoms with Gasteiger partial charge in [0, 0.05) is 17.3 Å². The molecule has 0 fully saturated rings. The largest absolute Gasteiger partial charge is 3.00 e. The van der Waals surface area contributed by atoms with Crippen LogP contribution in [-0.2, 0) is 30.4 Å². The zero-order valence-corrected chi connectivity index (χ0v) is 24.8. The third-order valence-corrected chi connectivity index (χ3v) is 6.11. The normalized spacial score (nSPS) is 11.4. The van der Waals surface area contributed by atoms with Gasteiger partial charge in [0.2, 0.25) is 0 Å². The van der Waals surface area contributed by atoms with Gasteiger partial charge in [-0.3, -0.25) is 0 Å². The van der Waals surface area contributed by atoms with E-state index < -0.39 is 30.4 Å². The van der Waals surface area contributed by atoms with Crippen LogP contribution in [0.5, 0.6) is 0 Å². The molecule has 0 aromatic rings. The minimum absolute atomic E-state index is 0. The molecule has 0 saturated carbocycles. The molecule has 0 bridgehead atoms. The van der Waals surface area contributed by atoms with Gasteiger partial charge in [-0.2, -0.15) is 0 Å². The van der Waals surface area contributed by atoms with Gasteiger partial charge in [-0.05, 0) is 19.3 Å². The molecule has 9 nitrogen and oxygen atoms in total. The molecule has 31 heavy (non-hydrogen) atoms. The summed E-state index contributed by atoms with van der Waals surface area (Å²) < 4.78 is 90.3. The van der Waals surface area contributed by atoms with Crippen molar-refractivity contribution in [2.45, 2.75) is 97.8 Å². The van der Waals surface area contributed by atoms with Gasteiger partial charge < -0.3 is 13.7 Å². The fourth-order valence-electron chi connectivity index (χ4n) is 2.12. The van der Waals surface area contributed by atoms with E-state index in [9.17, 15) is 38.9 Å². The van der Waals surface area contributed by atoms with Crippen molar-refractivity contribution < 1.29 is 38.9 Å². The SMILES string of the molecule is CCCCCCS(=O)(=O)[O-].CCCCCCS(=O)(=O)[O-].CCCCCCS(=O)(=O)[O-].[In+3]. The van der Waals surface area contributed by atoms with Crippen molar-refractivity contribution in [3.05, 3.63) is 0 Å². The fraction of sp³-hybridized carbons (Fsp3) is 1.00. The molecule has 13 heteroatoms. The summed E-state index contributed by atoms with van der Waals surface area (Å²) in [6.45, 7) is 6.10. The van der Waals surface area contributed by atoms with Crippen LogP contribution in [0.3, 0.4) is 0 Å². The summed E-state index contributed by atoms with van der Waals surface area (Å²) in [7, 11) is -11.9. The molecule has 0 atom stereocenters. The summed E-state index contributed by atoms with van der Waals surface area (Å²) >= 11 is 0. The predicted molar refractivity (Wildman–Crippen MR) is 122 cm³/mol. The van der Waals surface area contributed by atoms with Crippen molar-refractivity contribution in [2.24, 2.45) is 0 Å². The molecule has 0 aromatic heterocycles. The maximum atomic E-state index is 10.0. The van der Waals surface area contributed by atoms with E-state index in [-0.39, 0.29) is 43.1 Å². The van der Waals surface area contributed by atoms with Crippen LogP contribution in [0.2, 0.25) is 0 Å². The Kier molecular flexibility index (Phi) is 29.8. The molecule has 0 aliphatic carbocycles. The van der Waals surface area contributed by atoms with Crippen LogP contribution in [0, 0.1) is 0 Å². The van der Waals surface area contributed by atoms with Crippen molar-refractivity contribution in [1.29, 1.82) is 0 Å². The summed E-state index contributed by atoms with van der Waals surface area (Å²) in [5, 5.41) is 0. The fourth-order valence-corrected chi connectivity index (χ4v) is 3.79. The molecule has 0 aromatic carbocycles. The smallest absolute Gasteiger partial charge is 0.748 e. The number of hydrogen-bond donors (Lipinski definition) is 0. The van der Waals surface area contributed by atoms with E-state index in [0.717, 1.165) is 57.8 Å². The molecule has 0 radical (unpaired) electrons. The Balaban J connectivity index is -0.000000174. The van der Waals surface area contributed by atoms with Crippen molar-refractivity contribution in [1.82, 2.24) is 0 Å². The van der Waals surface area contributed by atoms with E-state index in [0.29, 0.717) is 19.3 Å². The molecule has 0 amide bonds. The third-order valence-electron chi connectivity index (χ3n) is 3.74. The standard InChI is InChI=1S/3C6H14O3S.In/c3*1-2-3-4-5-6-10(7,8)9;/h3*2-6H2,1H3,(H,7,8,9);/q;;;+3/p-3. The zero-order valence-electron chi connectivity index (χ0n) is 19.1. The third kappa shape index (κ3) is 53.6. The monoisotopic (exact) mass is 610 g/mol. The second kappa shape index (κ2) is 23.7. The first-order valence-corrected chi connectivity index (χ1v) is 15.2. The van der Waals surface area contributed by atoms with E-state index >= 15 is 0 Å². The summed E-state index contributed by atoms with van der Waals surface area (Å²) in [6.07, 6.45) is 10.3. The molecular weight excluding hydrogens is 571 g/mol. The topological polar surface area (TPSA) is 172 Å². The first kappa shape index (κ1) is 38.8. The molecule has 0 N–H and O–H groups in total. The van der Waals surface area contributed by atoms with Gasteiger partial charge in [0.1, 0.15) is 0 Å². The average molecular weight is 611 g/mol. The molecule has 0 aliphatic rings. The second-order valence-electron chi connectivity index (χ2n) is 6.97. The van der Waals surface area contributed by atoms with Gasteiger partial charge >= 0.3 is 25.8 Å². The summed E-state index contributed by atoms with van der Waals surface area (Å²) in [4.78, 5) is 0. The van der Waals surface area contributed by atoms with Crippen molar-refractivity contribution in [3.63, 3.8) is 0 Å². The van der Waals surface area contributed by atoms with Crippen LogP contribution in [0.25, 0.3) is 0 Å². The number of rotatable bonds is 15. The van der Waals surface area contributed by atoms with Gasteiger partial charge in [-0.25, -0.2) is 25.3 Å². The molecule has 0 heterocycles. The number of unbranched alkanes of at least 4 members (excludes halogenated alkanes) is 9. The Labute approximate surface area is 209 Å². The van der Waals surface area contributed by atoms with E-state index in [2.05, 4.69) is 0 Å².